The molecule has 0 N–H and O–H groups in total. The SMILES string of the molecule is CCC(=O)N1CCCC(C(=O)OCC(=O)N(C)Cc2ccccc2F)C1. The second kappa shape index (κ2) is 9.31. The molecule has 1 aromatic carbocycles. The molecule has 1 fully saturated rings. The highest BCUT2D eigenvalue weighted by atomic mass is 19.1. The van der Waals surface area contributed by atoms with Crippen LogP contribution in [-0.2, 0) is 25.7 Å². The maximum Gasteiger partial charge on any atom is 0.311 e. The fourth-order valence-corrected chi connectivity index (χ4v) is 2.95. The Hall–Kier alpha value is -2.44. The summed E-state index contributed by atoms with van der Waals surface area (Å²) in [6, 6.07) is 6.22. The summed E-state index contributed by atoms with van der Waals surface area (Å²) in [6.45, 7) is 2.49. The van der Waals surface area contributed by atoms with E-state index in [1.807, 2.05) is 0 Å². The molecule has 0 bridgehead atoms. The Morgan fingerprint density at radius 1 is 1.31 bits per heavy atom. The van der Waals surface area contributed by atoms with Crippen molar-refractivity contribution in [3.8, 4) is 0 Å². The monoisotopic (exact) mass is 364 g/mol. The first-order chi connectivity index (χ1) is 12.4. The molecule has 1 saturated heterocycles. The maximum absolute atomic E-state index is 13.6. The zero-order chi connectivity index (χ0) is 19.1. The number of rotatable bonds is 6. The molecule has 1 unspecified atom stereocenters. The number of nitrogens with zero attached hydrogens (tertiary/aromatic N) is 2. The Morgan fingerprint density at radius 3 is 2.73 bits per heavy atom. The number of carbonyl (C=O) groups is 3. The van der Waals surface area contributed by atoms with E-state index in [9.17, 15) is 18.8 Å². The number of hydrogen-bond acceptors (Lipinski definition) is 4. The standard InChI is InChI=1S/C19H25FN2O4/c1-3-17(23)22-10-6-8-15(12-22)19(25)26-13-18(24)21(2)11-14-7-4-5-9-16(14)20/h4-5,7,9,15H,3,6,8,10-13H2,1-2H3. The molecule has 0 aliphatic carbocycles. The number of likely N-dealkylation sites (tertiary alicyclic amines) is 1. The first kappa shape index (κ1) is 19.9. The summed E-state index contributed by atoms with van der Waals surface area (Å²) >= 11 is 0. The summed E-state index contributed by atoms with van der Waals surface area (Å²) < 4.78 is 18.8. The molecular formula is C19H25FN2O4. The van der Waals surface area contributed by atoms with E-state index in [1.165, 1.54) is 18.0 Å². The molecule has 2 rings (SSSR count). The molecule has 7 heteroatoms. The largest absolute Gasteiger partial charge is 0.455 e. The fourth-order valence-electron chi connectivity index (χ4n) is 2.95. The van der Waals surface area contributed by atoms with Crippen LogP contribution >= 0.6 is 0 Å². The number of likely N-dealkylation sites (N-methyl/N-ethyl adjacent to an activating group) is 1. The zero-order valence-corrected chi connectivity index (χ0v) is 15.2. The summed E-state index contributed by atoms with van der Waals surface area (Å²) in [5, 5.41) is 0. The van der Waals surface area contributed by atoms with Crippen LogP contribution in [0.3, 0.4) is 0 Å². The van der Waals surface area contributed by atoms with Crippen molar-refractivity contribution in [3.05, 3.63) is 35.6 Å². The highest BCUT2D eigenvalue weighted by Crippen LogP contribution is 2.18. The van der Waals surface area contributed by atoms with Gasteiger partial charge >= 0.3 is 5.97 Å². The second-order valence-electron chi connectivity index (χ2n) is 6.48. The number of halogens is 1. The number of esters is 1. The molecule has 1 aliphatic heterocycles. The first-order valence-electron chi connectivity index (χ1n) is 8.84. The lowest BCUT2D eigenvalue weighted by Gasteiger charge is -2.31. The van der Waals surface area contributed by atoms with Crippen LogP contribution in [0.2, 0.25) is 0 Å². The summed E-state index contributed by atoms with van der Waals surface area (Å²) in [5.74, 6) is -1.63. The number of piperidine rings is 1. The van der Waals surface area contributed by atoms with Gasteiger partial charge in [0, 0.05) is 38.7 Å². The lowest BCUT2D eigenvalue weighted by Crippen LogP contribution is -2.43. The van der Waals surface area contributed by atoms with E-state index in [0.29, 0.717) is 31.5 Å². The van der Waals surface area contributed by atoms with E-state index >= 15 is 0 Å². The third kappa shape index (κ3) is 5.28. The van der Waals surface area contributed by atoms with E-state index < -0.39 is 17.8 Å². The van der Waals surface area contributed by atoms with E-state index in [4.69, 9.17) is 4.74 Å². The Morgan fingerprint density at radius 2 is 2.04 bits per heavy atom. The molecule has 0 saturated carbocycles. The summed E-state index contributed by atoms with van der Waals surface area (Å²) in [4.78, 5) is 39.1. The van der Waals surface area contributed by atoms with Gasteiger partial charge in [0.1, 0.15) is 5.82 Å². The van der Waals surface area contributed by atoms with Crippen molar-refractivity contribution >= 4 is 17.8 Å². The van der Waals surface area contributed by atoms with Gasteiger partial charge in [0.15, 0.2) is 6.61 Å². The van der Waals surface area contributed by atoms with Gasteiger partial charge in [-0.3, -0.25) is 14.4 Å². The molecule has 0 radical (unpaired) electrons. The van der Waals surface area contributed by atoms with E-state index in [-0.39, 0.29) is 24.9 Å². The predicted octanol–water partition coefficient (Wildman–Crippen LogP) is 1.98. The smallest absolute Gasteiger partial charge is 0.311 e. The Bertz CT molecular complexity index is 665. The number of ether oxygens (including phenoxy) is 1. The minimum absolute atomic E-state index is 0.0168. The van der Waals surface area contributed by atoms with Crippen molar-refractivity contribution in [2.24, 2.45) is 5.92 Å². The van der Waals surface area contributed by atoms with Crippen LogP contribution in [0.5, 0.6) is 0 Å². The minimum atomic E-state index is -0.466. The van der Waals surface area contributed by atoms with Crippen LogP contribution in [0.25, 0.3) is 0 Å². The van der Waals surface area contributed by atoms with Gasteiger partial charge in [-0.15, -0.1) is 0 Å². The van der Waals surface area contributed by atoms with Gasteiger partial charge in [-0.05, 0) is 18.9 Å². The Kier molecular flexibility index (Phi) is 7.12. The maximum atomic E-state index is 13.6. The van der Waals surface area contributed by atoms with Crippen LogP contribution in [0.15, 0.2) is 24.3 Å². The Labute approximate surface area is 152 Å². The van der Waals surface area contributed by atoms with Gasteiger partial charge in [0.25, 0.3) is 5.91 Å². The summed E-state index contributed by atoms with van der Waals surface area (Å²) in [6.07, 6.45) is 1.79. The predicted molar refractivity (Wildman–Crippen MR) is 93.4 cm³/mol. The van der Waals surface area contributed by atoms with Crippen molar-refractivity contribution in [2.45, 2.75) is 32.7 Å². The third-order valence-electron chi connectivity index (χ3n) is 4.54. The average Bonchev–Trinajstić information content (AvgIpc) is 2.66. The highest BCUT2D eigenvalue weighted by molar-refractivity contribution is 5.82. The van der Waals surface area contributed by atoms with Gasteiger partial charge in [-0.1, -0.05) is 25.1 Å². The van der Waals surface area contributed by atoms with E-state index in [0.717, 1.165) is 6.42 Å². The lowest BCUT2D eigenvalue weighted by atomic mass is 9.98. The van der Waals surface area contributed by atoms with Crippen LogP contribution in [0, 0.1) is 11.7 Å². The summed E-state index contributed by atoms with van der Waals surface area (Å²) in [7, 11) is 1.53. The second-order valence-corrected chi connectivity index (χ2v) is 6.48. The zero-order valence-electron chi connectivity index (χ0n) is 15.2. The van der Waals surface area contributed by atoms with Crippen molar-refractivity contribution in [1.29, 1.82) is 0 Å². The lowest BCUT2D eigenvalue weighted by molar-refractivity contribution is -0.157. The topological polar surface area (TPSA) is 66.9 Å². The van der Waals surface area contributed by atoms with Gasteiger partial charge in [-0.25, -0.2) is 4.39 Å². The van der Waals surface area contributed by atoms with Crippen LogP contribution in [0.4, 0.5) is 4.39 Å². The molecule has 1 heterocycles. The minimum Gasteiger partial charge on any atom is -0.455 e. The van der Waals surface area contributed by atoms with Crippen molar-refractivity contribution in [1.82, 2.24) is 9.80 Å². The van der Waals surface area contributed by atoms with Crippen LogP contribution < -0.4 is 0 Å². The molecule has 1 aromatic rings. The molecule has 26 heavy (non-hydrogen) atoms. The molecule has 1 atom stereocenters. The van der Waals surface area contributed by atoms with Gasteiger partial charge in [-0.2, -0.15) is 0 Å². The molecule has 6 nitrogen and oxygen atoms in total. The normalized spacial score (nSPS) is 16.9. The highest BCUT2D eigenvalue weighted by Gasteiger charge is 2.29. The van der Waals surface area contributed by atoms with Crippen molar-refractivity contribution in [2.75, 3.05) is 26.7 Å². The molecule has 1 aliphatic rings. The van der Waals surface area contributed by atoms with Gasteiger partial charge in [0.05, 0.1) is 5.92 Å². The van der Waals surface area contributed by atoms with E-state index in [1.54, 1.807) is 30.0 Å². The average molecular weight is 364 g/mol. The van der Waals surface area contributed by atoms with Crippen molar-refractivity contribution < 1.29 is 23.5 Å². The van der Waals surface area contributed by atoms with E-state index in [2.05, 4.69) is 0 Å². The first-order valence-corrected chi connectivity index (χ1v) is 8.84. The molecule has 0 spiro atoms. The van der Waals surface area contributed by atoms with Crippen LogP contribution in [0.1, 0.15) is 31.7 Å². The number of amides is 2. The third-order valence-corrected chi connectivity index (χ3v) is 4.54. The van der Waals surface area contributed by atoms with Crippen molar-refractivity contribution in [3.63, 3.8) is 0 Å². The quantitative estimate of drug-likeness (QED) is 0.724. The Balaban J connectivity index is 1.81. The molecule has 2 amide bonds. The van der Waals surface area contributed by atoms with Gasteiger partial charge in [0.2, 0.25) is 5.91 Å². The van der Waals surface area contributed by atoms with Crippen LogP contribution in [-0.4, -0.2) is 54.3 Å². The molecular weight excluding hydrogens is 339 g/mol. The van der Waals surface area contributed by atoms with Gasteiger partial charge < -0.3 is 14.5 Å². The number of carbonyl (C=O) groups excluding carboxylic acids is 3. The molecule has 0 aromatic heterocycles. The fraction of sp³-hybridized carbons (Fsp3) is 0.526. The molecule has 142 valence electrons. The number of hydrogen-bond donors (Lipinski definition) is 0. The number of benzene rings is 1. The summed E-state index contributed by atoms with van der Waals surface area (Å²) in [5.41, 5.74) is 0.399.